The second-order valence-corrected chi connectivity index (χ2v) is 3.84. The van der Waals surface area contributed by atoms with Crippen LogP contribution in [-0.4, -0.2) is 37.4 Å². The molecular weight excluding hydrogens is 234 g/mol. The molecule has 0 fully saturated rings. The summed E-state index contributed by atoms with van der Waals surface area (Å²) in [5.41, 5.74) is 0. The molecule has 6 nitrogen and oxygen atoms in total. The minimum atomic E-state index is -0.261. The van der Waals surface area contributed by atoms with Crippen molar-refractivity contribution in [2.24, 2.45) is 15.0 Å². The first kappa shape index (κ1) is 16.1. The highest BCUT2D eigenvalue weighted by atomic mass is 16.1. The van der Waals surface area contributed by atoms with Crippen molar-refractivity contribution in [1.82, 2.24) is 0 Å². The Morgan fingerprint density at radius 1 is 0.778 bits per heavy atom. The predicted molar refractivity (Wildman–Crippen MR) is 65.6 cm³/mol. The van der Waals surface area contributed by atoms with Gasteiger partial charge in [0.15, 0.2) is 0 Å². The average molecular weight is 251 g/mol. The topological polar surface area (TPSA) is 88.3 Å². The Morgan fingerprint density at radius 2 is 1.44 bits per heavy atom. The highest BCUT2D eigenvalue weighted by Gasteiger charge is 2.05. The van der Waals surface area contributed by atoms with Gasteiger partial charge in [-0.25, -0.2) is 29.4 Å². The van der Waals surface area contributed by atoms with Crippen LogP contribution in [0.5, 0.6) is 0 Å². The molecule has 0 heterocycles. The lowest BCUT2D eigenvalue weighted by Gasteiger charge is -2.06. The second kappa shape index (κ2) is 13.2. The first-order valence-electron chi connectivity index (χ1n) is 5.99. The average Bonchev–Trinajstić information content (AvgIpc) is 2.39. The van der Waals surface area contributed by atoms with E-state index in [0.717, 1.165) is 32.1 Å². The van der Waals surface area contributed by atoms with E-state index in [4.69, 9.17) is 0 Å². The van der Waals surface area contributed by atoms with Crippen LogP contribution >= 0.6 is 0 Å². The van der Waals surface area contributed by atoms with Crippen LogP contribution in [0.3, 0.4) is 0 Å². The van der Waals surface area contributed by atoms with Crippen molar-refractivity contribution in [1.29, 1.82) is 0 Å². The minimum absolute atomic E-state index is 0.201. The zero-order chi connectivity index (χ0) is 13.5. The standard InChI is InChI=1S/C12H17N3O3/c16-9-13-7-5-3-1-2-4-6-12(15-11-18)8-14-10-17/h12H,1-8H2. The summed E-state index contributed by atoms with van der Waals surface area (Å²) in [5, 5.41) is 0. The van der Waals surface area contributed by atoms with E-state index in [1.807, 2.05) is 0 Å². The van der Waals surface area contributed by atoms with Crippen LogP contribution in [0.1, 0.15) is 38.5 Å². The van der Waals surface area contributed by atoms with Crippen molar-refractivity contribution >= 4 is 18.2 Å². The van der Waals surface area contributed by atoms with Gasteiger partial charge in [0, 0.05) is 0 Å². The lowest BCUT2D eigenvalue weighted by atomic mass is 10.1. The number of rotatable bonds is 11. The Labute approximate surface area is 106 Å². The lowest BCUT2D eigenvalue weighted by Crippen LogP contribution is -2.08. The summed E-state index contributed by atoms with van der Waals surface area (Å²) < 4.78 is 0. The number of carbonyl (C=O) groups excluding carboxylic acids is 3. The molecule has 0 saturated carbocycles. The Kier molecular flexibility index (Phi) is 11.8. The SMILES string of the molecule is O=C=NCCCCCCCC(CN=C=O)N=C=O. The van der Waals surface area contributed by atoms with Crippen LogP contribution in [-0.2, 0) is 14.4 Å². The number of hydrogen-bond donors (Lipinski definition) is 0. The smallest absolute Gasteiger partial charge is 0.211 e. The van der Waals surface area contributed by atoms with Crippen LogP contribution in [0.4, 0.5) is 0 Å². The predicted octanol–water partition coefficient (Wildman–Crippen LogP) is 1.70. The fourth-order valence-electron chi connectivity index (χ4n) is 1.56. The van der Waals surface area contributed by atoms with Crippen molar-refractivity contribution in [2.75, 3.05) is 13.1 Å². The summed E-state index contributed by atoms with van der Waals surface area (Å²) in [6, 6.07) is -0.261. The van der Waals surface area contributed by atoms with Gasteiger partial charge in [0.05, 0.1) is 19.1 Å². The fourth-order valence-corrected chi connectivity index (χ4v) is 1.56. The second-order valence-electron chi connectivity index (χ2n) is 3.84. The molecule has 0 bridgehead atoms. The molecule has 0 aliphatic carbocycles. The molecule has 0 aromatic heterocycles. The Hall–Kier alpha value is -1.86. The largest absolute Gasteiger partial charge is 0.235 e. The quantitative estimate of drug-likeness (QED) is 0.318. The minimum Gasteiger partial charge on any atom is -0.211 e. The maximum absolute atomic E-state index is 10.1. The van der Waals surface area contributed by atoms with Crippen LogP contribution < -0.4 is 0 Å². The number of aliphatic imine (C=N–C) groups is 3. The molecule has 0 aromatic rings. The number of unbranched alkanes of at least 4 members (excludes halogenated alkanes) is 4. The molecule has 0 amide bonds. The van der Waals surface area contributed by atoms with Crippen LogP contribution in [0.15, 0.2) is 15.0 Å². The van der Waals surface area contributed by atoms with Gasteiger partial charge in [0.2, 0.25) is 18.2 Å². The van der Waals surface area contributed by atoms with Gasteiger partial charge < -0.3 is 0 Å². The molecule has 98 valence electrons. The van der Waals surface area contributed by atoms with Gasteiger partial charge in [-0.2, -0.15) is 0 Å². The molecule has 18 heavy (non-hydrogen) atoms. The van der Waals surface area contributed by atoms with E-state index in [1.165, 1.54) is 18.2 Å². The van der Waals surface area contributed by atoms with Crippen molar-refractivity contribution in [3.8, 4) is 0 Å². The van der Waals surface area contributed by atoms with Gasteiger partial charge in [0.25, 0.3) is 0 Å². The highest BCUT2D eigenvalue weighted by Crippen LogP contribution is 2.09. The molecule has 0 spiro atoms. The van der Waals surface area contributed by atoms with Gasteiger partial charge in [-0.05, 0) is 12.8 Å². The van der Waals surface area contributed by atoms with Crippen LogP contribution in [0.25, 0.3) is 0 Å². The molecule has 0 radical (unpaired) electrons. The van der Waals surface area contributed by atoms with E-state index >= 15 is 0 Å². The maximum Gasteiger partial charge on any atom is 0.235 e. The molecule has 0 aliphatic heterocycles. The summed E-state index contributed by atoms with van der Waals surface area (Å²) >= 11 is 0. The fraction of sp³-hybridized carbons (Fsp3) is 0.750. The number of nitrogens with zero attached hydrogens (tertiary/aromatic N) is 3. The van der Waals surface area contributed by atoms with E-state index in [9.17, 15) is 14.4 Å². The van der Waals surface area contributed by atoms with Gasteiger partial charge in [0.1, 0.15) is 0 Å². The summed E-state index contributed by atoms with van der Waals surface area (Å²) in [7, 11) is 0. The van der Waals surface area contributed by atoms with Gasteiger partial charge >= 0.3 is 0 Å². The lowest BCUT2D eigenvalue weighted by molar-refractivity contribution is 0.523. The number of isocyanates is 3. The first-order valence-corrected chi connectivity index (χ1v) is 5.99. The first-order chi connectivity index (χ1) is 8.85. The van der Waals surface area contributed by atoms with Crippen molar-refractivity contribution in [3.63, 3.8) is 0 Å². The summed E-state index contributed by atoms with van der Waals surface area (Å²) in [6.45, 7) is 0.738. The third kappa shape index (κ3) is 10.7. The van der Waals surface area contributed by atoms with Crippen molar-refractivity contribution < 1.29 is 14.4 Å². The molecule has 6 heteroatoms. The van der Waals surface area contributed by atoms with Gasteiger partial charge in [-0.15, -0.1) is 0 Å². The molecule has 0 rings (SSSR count). The maximum atomic E-state index is 10.1. The molecule has 0 aliphatic rings. The summed E-state index contributed by atoms with van der Waals surface area (Å²) in [6.07, 6.45) is 10.0. The Morgan fingerprint density at radius 3 is 2.11 bits per heavy atom. The third-order valence-electron chi connectivity index (χ3n) is 2.47. The third-order valence-corrected chi connectivity index (χ3v) is 2.47. The van der Waals surface area contributed by atoms with Crippen molar-refractivity contribution in [3.05, 3.63) is 0 Å². The zero-order valence-corrected chi connectivity index (χ0v) is 10.3. The van der Waals surface area contributed by atoms with Gasteiger partial charge in [-0.3, -0.25) is 0 Å². The molecule has 0 saturated heterocycles. The zero-order valence-electron chi connectivity index (χ0n) is 10.3. The Bertz CT molecular complexity index is 352. The molecular formula is C12H17N3O3. The molecule has 0 N–H and O–H groups in total. The number of hydrogen-bond acceptors (Lipinski definition) is 6. The van der Waals surface area contributed by atoms with E-state index in [2.05, 4.69) is 15.0 Å². The molecule has 1 unspecified atom stereocenters. The van der Waals surface area contributed by atoms with Crippen molar-refractivity contribution in [2.45, 2.75) is 44.6 Å². The Balaban J connectivity index is 3.57. The van der Waals surface area contributed by atoms with E-state index in [1.54, 1.807) is 0 Å². The van der Waals surface area contributed by atoms with Gasteiger partial charge in [-0.1, -0.05) is 25.7 Å². The van der Waals surface area contributed by atoms with Crippen LogP contribution in [0, 0.1) is 0 Å². The van der Waals surface area contributed by atoms with Crippen LogP contribution in [0.2, 0.25) is 0 Å². The normalized spacial score (nSPS) is 10.7. The molecule has 0 aromatic carbocycles. The monoisotopic (exact) mass is 251 g/mol. The van der Waals surface area contributed by atoms with E-state index in [-0.39, 0.29) is 12.6 Å². The van der Waals surface area contributed by atoms with E-state index < -0.39 is 0 Å². The van der Waals surface area contributed by atoms with E-state index in [0.29, 0.717) is 13.0 Å². The summed E-state index contributed by atoms with van der Waals surface area (Å²) in [4.78, 5) is 40.3. The molecule has 1 atom stereocenters. The highest BCUT2D eigenvalue weighted by molar-refractivity contribution is 5.35. The summed E-state index contributed by atoms with van der Waals surface area (Å²) in [5.74, 6) is 0.